The van der Waals surface area contributed by atoms with Crippen LogP contribution in [0.15, 0.2) is 66.7 Å². The molecular weight excluding hydrogens is 494 g/mol. The van der Waals surface area contributed by atoms with Gasteiger partial charge in [0.25, 0.3) is 5.91 Å². The van der Waals surface area contributed by atoms with E-state index in [4.69, 9.17) is 5.73 Å². The molecule has 2 atom stereocenters. The summed E-state index contributed by atoms with van der Waals surface area (Å²) < 4.78 is 0. The van der Waals surface area contributed by atoms with Gasteiger partial charge in [-0.3, -0.25) is 14.4 Å². The van der Waals surface area contributed by atoms with E-state index >= 15 is 0 Å². The molecule has 1 aliphatic carbocycles. The first-order valence-corrected chi connectivity index (χ1v) is 12.9. The van der Waals surface area contributed by atoms with Gasteiger partial charge in [-0.15, -0.1) is 0 Å². The van der Waals surface area contributed by atoms with Gasteiger partial charge in [-0.2, -0.15) is 0 Å². The zero-order valence-electron chi connectivity index (χ0n) is 22.7. The molecular formula is C31H33N3O5. The van der Waals surface area contributed by atoms with Gasteiger partial charge < -0.3 is 21.1 Å². The van der Waals surface area contributed by atoms with Gasteiger partial charge in [0.15, 0.2) is 11.3 Å². The number of hydrogen-bond donors (Lipinski definition) is 3. The van der Waals surface area contributed by atoms with E-state index in [0.29, 0.717) is 5.56 Å². The van der Waals surface area contributed by atoms with E-state index in [9.17, 15) is 24.3 Å². The van der Waals surface area contributed by atoms with Gasteiger partial charge in [0, 0.05) is 6.92 Å². The fourth-order valence-electron chi connectivity index (χ4n) is 5.52. The summed E-state index contributed by atoms with van der Waals surface area (Å²) in [5, 5.41) is 12.3. The van der Waals surface area contributed by atoms with Crippen molar-refractivity contribution in [3.63, 3.8) is 0 Å². The van der Waals surface area contributed by atoms with Crippen LogP contribution in [-0.2, 0) is 14.4 Å². The maximum atomic E-state index is 14.2. The highest BCUT2D eigenvalue weighted by atomic mass is 16.4. The molecule has 0 radical (unpaired) electrons. The van der Waals surface area contributed by atoms with Crippen LogP contribution in [0.2, 0.25) is 0 Å². The third kappa shape index (κ3) is 4.61. The fraction of sp³-hybridized carbons (Fsp3) is 0.290. The zero-order valence-corrected chi connectivity index (χ0v) is 22.7. The Morgan fingerprint density at radius 2 is 1.44 bits per heavy atom. The molecule has 0 saturated carbocycles. The number of aryl methyl sites for hydroxylation is 1. The molecule has 4 N–H and O–H groups in total. The molecule has 3 aromatic rings. The average molecular weight is 528 g/mol. The highest BCUT2D eigenvalue weighted by Gasteiger charge is 2.50. The van der Waals surface area contributed by atoms with Crippen LogP contribution in [0.4, 0.5) is 5.69 Å². The Bertz CT molecular complexity index is 1440. The first kappa shape index (κ1) is 27.7. The number of carbonyl (C=O) groups is 4. The second-order valence-electron chi connectivity index (χ2n) is 10.3. The minimum absolute atomic E-state index is 0.0468. The highest BCUT2D eigenvalue weighted by molar-refractivity contribution is 6.18. The van der Waals surface area contributed by atoms with Gasteiger partial charge in [-0.25, -0.2) is 4.79 Å². The second-order valence-corrected chi connectivity index (χ2v) is 10.3. The van der Waals surface area contributed by atoms with Gasteiger partial charge in [0.05, 0.1) is 23.3 Å². The lowest BCUT2D eigenvalue weighted by molar-refractivity contribution is -0.145. The number of fused-ring (bicyclic) bond motifs is 3. The molecule has 0 unspecified atom stereocenters. The number of carboxylic acid groups (broad SMARTS) is 1. The predicted molar refractivity (Wildman–Crippen MR) is 149 cm³/mol. The number of amides is 2. The summed E-state index contributed by atoms with van der Waals surface area (Å²) in [6.45, 7) is 7.90. The molecule has 8 nitrogen and oxygen atoms in total. The number of aromatic carboxylic acids is 1. The first-order chi connectivity index (χ1) is 18.4. The second kappa shape index (κ2) is 10.5. The minimum Gasteiger partial charge on any atom is -0.478 e. The van der Waals surface area contributed by atoms with Crippen LogP contribution in [0.3, 0.4) is 0 Å². The van der Waals surface area contributed by atoms with Crippen LogP contribution >= 0.6 is 0 Å². The molecule has 3 aromatic carbocycles. The van der Waals surface area contributed by atoms with E-state index < -0.39 is 41.2 Å². The maximum Gasteiger partial charge on any atom is 0.338 e. The van der Waals surface area contributed by atoms with Crippen molar-refractivity contribution in [2.45, 2.75) is 52.2 Å². The van der Waals surface area contributed by atoms with Gasteiger partial charge in [0.1, 0.15) is 0 Å². The van der Waals surface area contributed by atoms with Crippen molar-refractivity contribution in [2.75, 3.05) is 5.32 Å². The molecule has 0 aromatic heterocycles. The molecule has 0 heterocycles. The van der Waals surface area contributed by atoms with Crippen molar-refractivity contribution >= 4 is 29.3 Å². The fourth-order valence-corrected chi connectivity index (χ4v) is 5.52. The Morgan fingerprint density at radius 3 is 1.92 bits per heavy atom. The Kier molecular flexibility index (Phi) is 7.44. The van der Waals surface area contributed by atoms with Crippen molar-refractivity contribution in [3.05, 3.63) is 89.0 Å². The Labute approximate surface area is 227 Å². The summed E-state index contributed by atoms with van der Waals surface area (Å²) in [7, 11) is 0. The lowest BCUT2D eigenvalue weighted by Crippen LogP contribution is -2.66. The van der Waals surface area contributed by atoms with E-state index in [-0.39, 0.29) is 17.2 Å². The summed E-state index contributed by atoms with van der Waals surface area (Å²) in [5.74, 6) is -3.69. The van der Waals surface area contributed by atoms with Crippen molar-refractivity contribution in [3.8, 4) is 11.1 Å². The molecule has 2 amide bonds. The number of Topliss-reactive ketones (excluding diaryl/α,β-unsaturated/α-hetero) is 1. The maximum absolute atomic E-state index is 14.2. The minimum atomic E-state index is -2.05. The number of benzene rings is 3. The lowest BCUT2D eigenvalue weighted by atomic mass is 9.79. The molecule has 39 heavy (non-hydrogen) atoms. The number of carboxylic acids is 1. The normalized spacial score (nSPS) is 14.6. The van der Waals surface area contributed by atoms with Gasteiger partial charge in [-0.05, 0) is 53.6 Å². The number of ketones is 1. The molecule has 0 fully saturated rings. The van der Waals surface area contributed by atoms with Crippen LogP contribution in [0.5, 0.6) is 0 Å². The van der Waals surface area contributed by atoms with E-state index in [0.717, 1.165) is 22.3 Å². The van der Waals surface area contributed by atoms with Crippen molar-refractivity contribution in [2.24, 2.45) is 11.7 Å². The molecule has 1 aliphatic rings. The summed E-state index contributed by atoms with van der Waals surface area (Å²) in [5.41, 5.74) is 8.71. The monoisotopic (exact) mass is 527 g/mol. The Balaban J connectivity index is 1.75. The molecule has 202 valence electrons. The third-order valence-electron chi connectivity index (χ3n) is 7.67. The summed E-state index contributed by atoms with van der Waals surface area (Å²) in [4.78, 5) is 54.4. The number of nitrogens with zero attached hydrogens (tertiary/aromatic N) is 1. The van der Waals surface area contributed by atoms with Crippen LogP contribution in [0.1, 0.15) is 60.8 Å². The van der Waals surface area contributed by atoms with Crippen molar-refractivity contribution < 1.29 is 24.3 Å². The van der Waals surface area contributed by atoms with Crippen molar-refractivity contribution in [1.82, 2.24) is 4.90 Å². The van der Waals surface area contributed by atoms with Crippen LogP contribution in [0, 0.1) is 12.8 Å². The van der Waals surface area contributed by atoms with Gasteiger partial charge in [-0.1, -0.05) is 74.5 Å². The smallest absolute Gasteiger partial charge is 0.338 e. The summed E-state index contributed by atoms with van der Waals surface area (Å²) >= 11 is 0. The molecule has 0 spiro atoms. The average Bonchev–Trinajstić information content (AvgIpc) is 3.21. The van der Waals surface area contributed by atoms with Crippen LogP contribution in [0.25, 0.3) is 11.1 Å². The highest BCUT2D eigenvalue weighted by Crippen LogP contribution is 2.47. The largest absolute Gasteiger partial charge is 0.478 e. The van der Waals surface area contributed by atoms with Gasteiger partial charge >= 0.3 is 5.97 Å². The third-order valence-corrected chi connectivity index (χ3v) is 7.67. The molecule has 8 heteroatoms. The number of carbonyl (C=O) groups excluding carboxylic acids is 3. The van der Waals surface area contributed by atoms with Crippen LogP contribution < -0.4 is 11.1 Å². The van der Waals surface area contributed by atoms with Gasteiger partial charge in [0.2, 0.25) is 5.91 Å². The topological polar surface area (TPSA) is 130 Å². The number of hydrogen-bond acceptors (Lipinski definition) is 5. The standard InChI is InChI=1S/C31H33N3O5/c1-17(2)31(32,30(39)33-25-16-10-11-18(3)26(25)29(37)38)28(36)19(4)34(20(5)35)27-23-14-8-6-12-21(23)22-13-7-9-15-24(22)27/h6-17,19,27H,32H2,1-5H3,(H,33,39)(H,37,38)/t19-,31+/m0/s1. The Morgan fingerprint density at radius 1 is 0.897 bits per heavy atom. The summed E-state index contributed by atoms with van der Waals surface area (Å²) in [6, 6.07) is 18.5. The molecule has 4 rings (SSSR count). The molecule has 0 bridgehead atoms. The van der Waals surface area contributed by atoms with E-state index in [1.165, 1.54) is 17.9 Å². The van der Waals surface area contributed by atoms with E-state index in [1.807, 2.05) is 48.5 Å². The van der Waals surface area contributed by atoms with Crippen LogP contribution in [-0.4, -0.2) is 45.2 Å². The molecule has 0 saturated heterocycles. The number of nitrogens with one attached hydrogen (secondary N) is 1. The lowest BCUT2D eigenvalue weighted by Gasteiger charge is -2.39. The first-order valence-electron chi connectivity index (χ1n) is 12.9. The SMILES string of the molecule is CC(=O)N(C1c2ccccc2-c2ccccc21)[C@@H](C)C(=O)[C@@](N)(C(=O)Nc1cccc(C)c1C(=O)O)C(C)C. The van der Waals surface area contributed by atoms with Crippen molar-refractivity contribution in [1.29, 1.82) is 0 Å². The zero-order chi connectivity index (χ0) is 28.6. The number of anilines is 1. The molecule has 0 aliphatic heterocycles. The Hall–Kier alpha value is -4.30. The number of nitrogens with two attached hydrogens (primary N) is 1. The predicted octanol–water partition coefficient (Wildman–Crippen LogP) is 4.56. The quantitative estimate of drug-likeness (QED) is 0.368. The van der Waals surface area contributed by atoms with E-state index in [2.05, 4.69) is 5.32 Å². The summed E-state index contributed by atoms with van der Waals surface area (Å²) in [6.07, 6.45) is 0. The van der Waals surface area contributed by atoms with E-state index in [1.54, 1.807) is 39.8 Å². The number of rotatable bonds is 8.